The largest absolute Gasteiger partial charge is 0.378 e. The molecule has 0 aliphatic heterocycles. The number of anilines is 1. The molecule has 2 heterocycles. The Morgan fingerprint density at radius 2 is 2.25 bits per heavy atom. The zero-order chi connectivity index (χ0) is 8.55. The van der Waals surface area contributed by atoms with Gasteiger partial charge in [-0.15, -0.1) is 10.2 Å². The summed E-state index contributed by atoms with van der Waals surface area (Å²) in [6.07, 6.45) is 3.64. The molecule has 2 aromatic heterocycles. The zero-order valence-electron chi connectivity index (χ0n) is 7.10. The first-order chi connectivity index (χ1) is 5.77. The summed E-state index contributed by atoms with van der Waals surface area (Å²) < 4.78 is 1.88. The molecule has 4 nitrogen and oxygen atoms in total. The fraction of sp³-hybridized carbons (Fsp3) is 0.250. The van der Waals surface area contributed by atoms with E-state index in [-0.39, 0.29) is 0 Å². The molecule has 0 atom stereocenters. The molecule has 0 fully saturated rings. The van der Waals surface area contributed by atoms with E-state index in [2.05, 4.69) is 10.2 Å². The van der Waals surface area contributed by atoms with Crippen LogP contribution >= 0.6 is 0 Å². The van der Waals surface area contributed by atoms with Crippen molar-refractivity contribution in [2.24, 2.45) is 0 Å². The van der Waals surface area contributed by atoms with Gasteiger partial charge < -0.3 is 4.90 Å². The topological polar surface area (TPSA) is 33.4 Å². The molecule has 0 saturated carbocycles. The molecule has 0 spiro atoms. The van der Waals surface area contributed by atoms with Crippen molar-refractivity contribution in [3.63, 3.8) is 0 Å². The lowest BCUT2D eigenvalue weighted by Gasteiger charge is -2.11. The van der Waals surface area contributed by atoms with E-state index in [0.717, 1.165) is 11.3 Å². The molecule has 2 aromatic rings. The number of fused-ring (bicyclic) bond motifs is 1. The van der Waals surface area contributed by atoms with Crippen LogP contribution in [0.1, 0.15) is 0 Å². The molecular weight excluding hydrogens is 152 g/mol. The lowest BCUT2D eigenvalue weighted by Crippen LogP contribution is -2.08. The summed E-state index contributed by atoms with van der Waals surface area (Å²) in [5, 5.41) is 7.74. The van der Waals surface area contributed by atoms with Gasteiger partial charge >= 0.3 is 0 Å². The number of pyridine rings is 1. The van der Waals surface area contributed by atoms with E-state index >= 15 is 0 Å². The first-order valence-corrected chi connectivity index (χ1v) is 3.74. The Balaban J connectivity index is 2.60. The molecule has 2 rings (SSSR count). The van der Waals surface area contributed by atoms with Crippen molar-refractivity contribution >= 4 is 11.3 Å². The number of hydrogen-bond acceptors (Lipinski definition) is 3. The molecule has 4 heteroatoms. The van der Waals surface area contributed by atoms with Crippen LogP contribution in [0.3, 0.4) is 0 Å². The smallest absolute Gasteiger partial charge is 0.162 e. The van der Waals surface area contributed by atoms with Gasteiger partial charge in [-0.05, 0) is 6.07 Å². The van der Waals surface area contributed by atoms with Gasteiger partial charge in [0, 0.05) is 32.0 Å². The number of aromatic nitrogens is 3. The van der Waals surface area contributed by atoms with Gasteiger partial charge in [-0.1, -0.05) is 0 Å². The van der Waals surface area contributed by atoms with Gasteiger partial charge in [-0.25, -0.2) is 0 Å². The summed E-state index contributed by atoms with van der Waals surface area (Å²) in [5.74, 6) is 0. The van der Waals surface area contributed by atoms with Crippen molar-refractivity contribution in [2.75, 3.05) is 19.0 Å². The number of nitrogens with zero attached hydrogens (tertiary/aromatic N) is 4. The molecule has 0 aliphatic rings. The third kappa shape index (κ3) is 1.01. The minimum Gasteiger partial charge on any atom is -0.378 e. The first kappa shape index (κ1) is 7.09. The second-order valence-corrected chi connectivity index (χ2v) is 2.88. The molecule has 0 N–H and O–H groups in total. The normalized spacial score (nSPS) is 10.5. The molecule has 0 saturated heterocycles. The van der Waals surface area contributed by atoms with Gasteiger partial charge in [0.25, 0.3) is 0 Å². The average Bonchev–Trinajstić information content (AvgIpc) is 2.49. The van der Waals surface area contributed by atoms with Crippen molar-refractivity contribution in [1.29, 1.82) is 0 Å². The summed E-state index contributed by atoms with van der Waals surface area (Å²) in [6.45, 7) is 0. The monoisotopic (exact) mass is 162 g/mol. The van der Waals surface area contributed by atoms with E-state index in [1.807, 2.05) is 41.7 Å². The predicted octanol–water partition coefficient (Wildman–Crippen LogP) is 0.795. The minimum atomic E-state index is 0.876. The van der Waals surface area contributed by atoms with E-state index in [1.54, 1.807) is 6.33 Å². The fourth-order valence-corrected chi connectivity index (χ4v) is 1.08. The second kappa shape index (κ2) is 2.48. The molecular formula is C8H10N4. The van der Waals surface area contributed by atoms with Crippen LogP contribution < -0.4 is 4.90 Å². The third-order valence-corrected chi connectivity index (χ3v) is 1.80. The van der Waals surface area contributed by atoms with Crippen LogP contribution in [0.15, 0.2) is 24.7 Å². The molecule has 0 unspecified atom stereocenters. The lowest BCUT2D eigenvalue weighted by molar-refractivity contribution is 1.10. The quantitative estimate of drug-likeness (QED) is 0.621. The van der Waals surface area contributed by atoms with Crippen LogP contribution in [0.4, 0.5) is 5.69 Å². The van der Waals surface area contributed by atoms with Gasteiger partial charge in [0.1, 0.15) is 6.33 Å². The summed E-state index contributed by atoms with van der Waals surface area (Å²) in [5.41, 5.74) is 2.01. The maximum absolute atomic E-state index is 3.95. The molecule has 0 aliphatic carbocycles. The van der Waals surface area contributed by atoms with E-state index in [1.165, 1.54) is 0 Å². The van der Waals surface area contributed by atoms with Gasteiger partial charge in [-0.2, -0.15) is 0 Å². The van der Waals surface area contributed by atoms with Crippen LogP contribution in [0.5, 0.6) is 0 Å². The summed E-state index contributed by atoms with van der Waals surface area (Å²) in [7, 11) is 4.00. The Morgan fingerprint density at radius 1 is 1.42 bits per heavy atom. The summed E-state index contributed by atoms with van der Waals surface area (Å²) in [6, 6.07) is 4.02. The Kier molecular flexibility index (Phi) is 1.46. The van der Waals surface area contributed by atoms with E-state index in [0.29, 0.717) is 0 Å². The van der Waals surface area contributed by atoms with E-state index in [9.17, 15) is 0 Å². The highest BCUT2D eigenvalue weighted by Gasteiger charge is 1.97. The van der Waals surface area contributed by atoms with Crippen molar-refractivity contribution < 1.29 is 0 Å². The van der Waals surface area contributed by atoms with Gasteiger partial charge in [0.15, 0.2) is 5.65 Å². The Bertz CT molecular complexity index is 391. The Labute approximate surface area is 70.4 Å². The Hall–Kier alpha value is -1.58. The van der Waals surface area contributed by atoms with Crippen LogP contribution in [0.2, 0.25) is 0 Å². The van der Waals surface area contributed by atoms with Gasteiger partial charge in [0.05, 0.1) is 0 Å². The molecule has 0 aromatic carbocycles. The van der Waals surface area contributed by atoms with Crippen molar-refractivity contribution in [1.82, 2.24) is 14.6 Å². The summed E-state index contributed by atoms with van der Waals surface area (Å²) in [4.78, 5) is 2.04. The highest BCUT2D eigenvalue weighted by Crippen LogP contribution is 2.11. The fourth-order valence-electron chi connectivity index (χ4n) is 1.08. The lowest BCUT2D eigenvalue weighted by atomic mass is 10.4. The predicted molar refractivity (Wildman–Crippen MR) is 47.3 cm³/mol. The second-order valence-electron chi connectivity index (χ2n) is 2.88. The molecule has 0 amide bonds. The van der Waals surface area contributed by atoms with Gasteiger partial charge in [0.2, 0.25) is 0 Å². The maximum atomic E-state index is 3.95. The average molecular weight is 162 g/mol. The number of rotatable bonds is 1. The maximum Gasteiger partial charge on any atom is 0.162 e. The number of hydrogen-bond donors (Lipinski definition) is 0. The van der Waals surface area contributed by atoms with Gasteiger partial charge in [-0.3, -0.25) is 4.40 Å². The van der Waals surface area contributed by atoms with Crippen molar-refractivity contribution in [3.8, 4) is 0 Å². The third-order valence-electron chi connectivity index (χ3n) is 1.80. The molecule has 12 heavy (non-hydrogen) atoms. The van der Waals surface area contributed by atoms with E-state index < -0.39 is 0 Å². The highest BCUT2D eigenvalue weighted by molar-refractivity contribution is 5.54. The van der Waals surface area contributed by atoms with Crippen molar-refractivity contribution in [3.05, 3.63) is 24.7 Å². The summed E-state index contributed by atoms with van der Waals surface area (Å²) >= 11 is 0. The molecule has 0 bridgehead atoms. The standard InChI is InChI=1S/C8H10N4/c1-11(2)7-3-4-12-6-9-10-8(12)5-7/h3-6H,1-2H3. The SMILES string of the molecule is CN(C)c1ccn2cnnc2c1. The van der Waals surface area contributed by atoms with Crippen LogP contribution in [0.25, 0.3) is 5.65 Å². The minimum absolute atomic E-state index is 0.876. The molecule has 0 radical (unpaired) electrons. The zero-order valence-corrected chi connectivity index (χ0v) is 7.10. The van der Waals surface area contributed by atoms with Crippen LogP contribution in [-0.4, -0.2) is 28.7 Å². The van der Waals surface area contributed by atoms with Crippen molar-refractivity contribution in [2.45, 2.75) is 0 Å². The van der Waals surface area contributed by atoms with Crippen LogP contribution in [0, 0.1) is 0 Å². The molecule has 62 valence electrons. The first-order valence-electron chi connectivity index (χ1n) is 3.74. The van der Waals surface area contributed by atoms with Crippen LogP contribution in [-0.2, 0) is 0 Å². The Morgan fingerprint density at radius 3 is 3.00 bits per heavy atom. The van der Waals surface area contributed by atoms with E-state index in [4.69, 9.17) is 0 Å². The highest BCUT2D eigenvalue weighted by atomic mass is 15.2.